The van der Waals surface area contributed by atoms with Gasteiger partial charge in [0.2, 0.25) is 11.9 Å². The Labute approximate surface area is 164 Å². The fourth-order valence-corrected chi connectivity index (χ4v) is 3.68. The van der Waals surface area contributed by atoms with Crippen molar-refractivity contribution in [3.8, 4) is 0 Å². The van der Waals surface area contributed by atoms with E-state index in [1.807, 2.05) is 0 Å². The Morgan fingerprint density at radius 3 is 2.62 bits per heavy atom. The lowest BCUT2D eigenvalue weighted by Gasteiger charge is -2.32. The molecule has 11 heteroatoms. The van der Waals surface area contributed by atoms with E-state index in [-0.39, 0.29) is 43.4 Å². The summed E-state index contributed by atoms with van der Waals surface area (Å²) in [7, 11) is 5.60. The van der Waals surface area contributed by atoms with Gasteiger partial charge < -0.3 is 4.74 Å². The van der Waals surface area contributed by atoms with Crippen LogP contribution in [0, 0.1) is 11.6 Å². The van der Waals surface area contributed by atoms with E-state index in [0.29, 0.717) is 5.56 Å². The summed E-state index contributed by atoms with van der Waals surface area (Å²) in [5, 5.41) is 2.35. The number of nitrogens with one attached hydrogen (secondary N) is 1. The van der Waals surface area contributed by atoms with Gasteiger partial charge in [-0.2, -0.15) is 0 Å². The van der Waals surface area contributed by atoms with Gasteiger partial charge in [0.1, 0.15) is 13.7 Å². The number of nitrogens with zero attached hydrogens (tertiary/aromatic N) is 3. The zero-order valence-corrected chi connectivity index (χ0v) is 15.1. The van der Waals surface area contributed by atoms with Gasteiger partial charge in [-0.05, 0) is 5.56 Å². The lowest BCUT2D eigenvalue weighted by Crippen LogP contribution is -2.44. The Balaban J connectivity index is 1.56. The number of alkyl halides is 2. The molecule has 0 bridgehead atoms. The fraction of sp³-hybridized carbons (Fsp3) is 0.389. The molecule has 29 heavy (non-hydrogen) atoms. The van der Waals surface area contributed by atoms with Crippen LogP contribution >= 0.6 is 0 Å². The van der Waals surface area contributed by atoms with Crippen molar-refractivity contribution in [2.75, 3.05) is 25.1 Å². The molecule has 1 saturated carbocycles. The molecule has 1 aromatic carbocycles. The molecule has 1 aliphatic carbocycles. The largest absolute Gasteiger partial charge is 0.361 e. The molecule has 1 aromatic heterocycles. The van der Waals surface area contributed by atoms with Crippen molar-refractivity contribution in [1.29, 1.82) is 0 Å². The first-order valence-electron chi connectivity index (χ1n) is 8.74. The van der Waals surface area contributed by atoms with E-state index in [4.69, 9.17) is 12.6 Å². The van der Waals surface area contributed by atoms with Crippen LogP contribution in [-0.2, 0) is 21.6 Å². The second kappa shape index (κ2) is 7.07. The summed E-state index contributed by atoms with van der Waals surface area (Å²) in [6.45, 7) is -0.826. The molecule has 2 aliphatic rings. The van der Waals surface area contributed by atoms with Crippen LogP contribution in [0.15, 0.2) is 24.5 Å². The number of amides is 1. The second-order valence-electron chi connectivity index (χ2n) is 7.20. The topological polar surface area (TPSA) is 67.4 Å². The van der Waals surface area contributed by atoms with Crippen LogP contribution < -0.4 is 10.8 Å². The molecule has 6 nitrogen and oxygen atoms in total. The van der Waals surface area contributed by atoms with Gasteiger partial charge in [-0.1, -0.05) is 17.6 Å². The molecule has 2 heterocycles. The van der Waals surface area contributed by atoms with Crippen LogP contribution in [0.25, 0.3) is 0 Å². The van der Waals surface area contributed by atoms with E-state index in [1.54, 1.807) is 0 Å². The lowest BCUT2D eigenvalue weighted by atomic mass is 9.83. The van der Waals surface area contributed by atoms with Gasteiger partial charge in [0.05, 0.1) is 37.7 Å². The van der Waals surface area contributed by atoms with Crippen molar-refractivity contribution in [2.45, 2.75) is 24.4 Å². The molecular formula is C18H15BF4N4O2. The third kappa shape index (κ3) is 3.60. The summed E-state index contributed by atoms with van der Waals surface area (Å²) in [6.07, 6.45) is 1.21. The molecule has 0 unspecified atom stereocenters. The number of carbonyl (C=O) groups is 1. The molecule has 150 valence electrons. The Hall–Kier alpha value is -2.53. The standard InChI is InChI=1S/C18H15BF4N4O2/c19-12-2-1-10-6-29-9-27(5-13(28)26-16-24-3-11(20)4-25-16)8-17(7-18(17,22)23)14(10)15(12)21/h1-4H,5-9H2,(H,24,25,26,28)/t17-/m0/s1. The second-order valence-corrected chi connectivity index (χ2v) is 7.20. The summed E-state index contributed by atoms with van der Waals surface area (Å²) in [5.74, 6) is -5.41. The summed E-state index contributed by atoms with van der Waals surface area (Å²) in [6, 6.07) is 2.80. The average Bonchev–Trinajstić information content (AvgIpc) is 3.19. The zero-order chi connectivity index (χ0) is 20.8. The number of rotatable bonds is 3. The third-order valence-corrected chi connectivity index (χ3v) is 5.10. The molecule has 1 amide bonds. The predicted octanol–water partition coefficient (Wildman–Crippen LogP) is 1.25. The van der Waals surface area contributed by atoms with Crippen molar-refractivity contribution in [1.82, 2.24) is 14.9 Å². The molecule has 1 N–H and O–H groups in total. The maximum Gasteiger partial charge on any atom is 0.260 e. The van der Waals surface area contributed by atoms with E-state index in [9.17, 15) is 22.4 Å². The van der Waals surface area contributed by atoms with Crippen LogP contribution in [-0.4, -0.2) is 54.4 Å². The molecule has 1 spiro atoms. The highest BCUT2D eigenvalue weighted by atomic mass is 19.3. The molecule has 1 fully saturated rings. The van der Waals surface area contributed by atoms with Crippen LogP contribution in [0.2, 0.25) is 0 Å². The van der Waals surface area contributed by atoms with Crippen molar-refractivity contribution in [2.24, 2.45) is 0 Å². The minimum absolute atomic E-state index is 0.0937. The number of aromatic nitrogens is 2. The first-order chi connectivity index (χ1) is 13.7. The average molecular weight is 406 g/mol. The first kappa shape index (κ1) is 19.8. The Morgan fingerprint density at radius 1 is 1.28 bits per heavy atom. The highest BCUT2D eigenvalue weighted by molar-refractivity contribution is 6.32. The van der Waals surface area contributed by atoms with Gasteiger partial charge >= 0.3 is 0 Å². The van der Waals surface area contributed by atoms with Crippen LogP contribution in [0.4, 0.5) is 23.5 Å². The normalized spacial score (nSPS) is 23.2. The number of benzene rings is 1. The zero-order valence-electron chi connectivity index (χ0n) is 15.1. The lowest BCUT2D eigenvalue weighted by molar-refractivity contribution is -0.119. The number of anilines is 1. The van der Waals surface area contributed by atoms with Gasteiger partial charge in [-0.25, -0.2) is 27.5 Å². The number of ether oxygens (including phenoxy) is 1. The van der Waals surface area contributed by atoms with Crippen molar-refractivity contribution < 1.29 is 27.1 Å². The number of hydrogen-bond donors (Lipinski definition) is 1. The van der Waals surface area contributed by atoms with Gasteiger partial charge in [-0.15, -0.1) is 0 Å². The molecule has 0 saturated heterocycles. The molecule has 4 rings (SSSR count). The molecule has 2 aromatic rings. The molecule has 2 radical (unpaired) electrons. The van der Waals surface area contributed by atoms with Crippen molar-refractivity contribution in [3.05, 3.63) is 47.3 Å². The third-order valence-electron chi connectivity index (χ3n) is 5.10. The van der Waals surface area contributed by atoms with Crippen LogP contribution in [0.1, 0.15) is 17.5 Å². The van der Waals surface area contributed by atoms with Gasteiger partial charge in [0.25, 0.3) is 5.92 Å². The predicted molar refractivity (Wildman–Crippen MR) is 94.9 cm³/mol. The molecular weight excluding hydrogens is 391 g/mol. The van der Waals surface area contributed by atoms with Crippen LogP contribution in [0.5, 0.6) is 0 Å². The van der Waals surface area contributed by atoms with E-state index in [0.717, 1.165) is 12.4 Å². The summed E-state index contributed by atoms with van der Waals surface area (Å²) >= 11 is 0. The van der Waals surface area contributed by atoms with Gasteiger partial charge in [-0.3, -0.25) is 15.0 Å². The highest BCUT2D eigenvalue weighted by Gasteiger charge is 2.73. The Kier molecular flexibility index (Phi) is 4.82. The number of carbonyl (C=O) groups excluding carboxylic acids is 1. The fourth-order valence-electron chi connectivity index (χ4n) is 3.68. The smallest absolute Gasteiger partial charge is 0.260 e. The minimum Gasteiger partial charge on any atom is -0.361 e. The first-order valence-corrected chi connectivity index (χ1v) is 8.74. The monoisotopic (exact) mass is 406 g/mol. The summed E-state index contributed by atoms with van der Waals surface area (Å²) in [5.41, 5.74) is -1.84. The van der Waals surface area contributed by atoms with E-state index < -0.39 is 35.3 Å². The molecule has 1 aliphatic heterocycles. The van der Waals surface area contributed by atoms with E-state index >= 15 is 0 Å². The van der Waals surface area contributed by atoms with Gasteiger partial charge in [0, 0.05) is 18.5 Å². The number of fused-ring (bicyclic) bond motifs is 2. The molecule has 1 atom stereocenters. The van der Waals surface area contributed by atoms with Crippen molar-refractivity contribution >= 4 is 25.2 Å². The summed E-state index contributed by atoms with van der Waals surface area (Å²) < 4.78 is 61.9. The quantitative estimate of drug-likeness (QED) is 0.614. The van der Waals surface area contributed by atoms with E-state index in [2.05, 4.69) is 15.3 Å². The Bertz CT molecular complexity index is 960. The van der Waals surface area contributed by atoms with Crippen molar-refractivity contribution in [3.63, 3.8) is 0 Å². The van der Waals surface area contributed by atoms with Gasteiger partial charge in [0.15, 0.2) is 5.82 Å². The minimum atomic E-state index is -3.14. The summed E-state index contributed by atoms with van der Waals surface area (Å²) in [4.78, 5) is 20.8. The number of halogens is 4. The van der Waals surface area contributed by atoms with Crippen LogP contribution in [0.3, 0.4) is 0 Å². The Morgan fingerprint density at radius 2 is 1.97 bits per heavy atom. The number of hydrogen-bond acceptors (Lipinski definition) is 5. The van der Waals surface area contributed by atoms with E-state index in [1.165, 1.54) is 17.0 Å². The maximum absolute atomic E-state index is 14.7. The SMILES string of the molecule is [B]c1ccc2c(c1F)[C@@]1(CN(CC(=O)Nc3ncc(F)cn3)COC2)CC1(F)F. The maximum atomic E-state index is 14.7. The highest BCUT2D eigenvalue weighted by Crippen LogP contribution is 2.63.